The third-order valence-electron chi connectivity index (χ3n) is 5.10. The Kier molecular flexibility index (Phi) is 5.46. The first kappa shape index (κ1) is 18.2. The number of benzene rings is 1. The van der Waals surface area contributed by atoms with E-state index >= 15 is 0 Å². The van der Waals surface area contributed by atoms with Crippen LogP contribution in [-0.4, -0.2) is 5.97 Å². The van der Waals surface area contributed by atoms with E-state index in [4.69, 9.17) is 9.15 Å². The molecule has 3 rings (SSSR count). The van der Waals surface area contributed by atoms with Gasteiger partial charge in [-0.25, -0.2) is 0 Å². The van der Waals surface area contributed by atoms with Crippen LogP contribution in [0.25, 0.3) is 0 Å². The van der Waals surface area contributed by atoms with Gasteiger partial charge in [0.05, 0.1) is 12.2 Å². The summed E-state index contributed by atoms with van der Waals surface area (Å²) in [4.78, 5) is 12.4. The molecule has 3 heteroatoms. The summed E-state index contributed by atoms with van der Waals surface area (Å²) in [5.41, 5.74) is 2.05. The molecule has 1 aliphatic carbocycles. The number of allylic oxidation sites excluding steroid dienone is 4. The van der Waals surface area contributed by atoms with E-state index in [2.05, 4.69) is 32.1 Å². The van der Waals surface area contributed by atoms with Gasteiger partial charge in [0, 0.05) is 12.0 Å². The summed E-state index contributed by atoms with van der Waals surface area (Å²) in [6.07, 6.45) is 10.5. The molecule has 26 heavy (non-hydrogen) atoms. The molecule has 1 aliphatic rings. The standard InChI is InChI=1S/C23H26O3/c1-4-5-7-12-20-21(23(20,2)3)22(24)26-16-18-14-19(25-15-18)13-17-10-8-6-9-11-17/h4-12,14-15,20-21H,13,16H2,1-3H3. The van der Waals surface area contributed by atoms with Gasteiger partial charge in [-0.3, -0.25) is 4.79 Å². The molecule has 0 bridgehead atoms. The molecule has 3 nitrogen and oxygen atoms in total. The van der Waals surface area contributed by atoms with Gasteiger partial charge >= 0.3 is 5.97 Å². The summed E-state index contributed by atoms with van der Waals surface area (Å²) in [5, 5.41) is 0. The smallest absolute Gasteiger partial charge is 0.310 e. The number of carbonyl (C=O) groups is 1. The van der Waals surface area contributed by atoms with Crippen LogP contribution in [0.1, 0.15) is 37.7 Å². The van der Waals surface area contributed by atoms with Gasteiger partial charge in [0.1, 0.15) is 12.4 Å². The molecule has 2 unspecified atom stereocenters. The first-order chi connectivity index (χ1) is 12.5. The van der Waals surface area contributed by atoms with Gasteiger partial charge in [-0.2, -0.15) is 0 Å². The average molecular weight is 350 g/mol. The highest BCUT2D eigenvalue weighted by molar-refractivity contribution is 5.78. The maximum Gasteiger partial charge on any atom is 0.310 e. The van der Waals surface area contributed by atoms with Crippen molar-refractivity contribution in [1.82, 2.24) is 0 Å². The molecule has 1 heterocycles. The van der Waals surface area contributed by atoms with E-state index in [-0.39, 0.29) is 29.8 Å². The van der Waals surface area contributed by atoms with E-state index < -0.39 is 0 Å². The SMILES string of the molecule is CC=CC=CC1C(C(=O)OCc2coc(Cc3ccccc3)c2)C1(C)C. The Morgan fingerprint density at radius 1 is 1.19 bits per heavy atom. The molecule has 2 aromatic rings. The van der Waals surface area contributed by atoms with Gasteiger partial charge in [-0.1, -0.05) is 68.5 Å². The monoisotopic (exact) mass is 350 g/mol. The summed E-state index contributed by atoms with van der Waals surface area (Å²) < 4.78 is 11.1. The lowest BCUT2D eigenvalue weighted by atomic mass is 10.1. The third-order valence-corrected chi connectivity index (χ3v) is 5.10. The molecule has 0 saturated heterocycles. The molecule has 0 amide bonds. The van der Waals surface area contributed by atoms with E-state index in [0.29, 0.717) is 0 Å². The molecule has 136 valence electrons. The molecule has 1 saturated carbocycles. The summed E-state index contributed by atoms with van der Waals surface area (Å²) in [7, 11) is 0. The zero-order valence-electron chi connectivity index (χ0n) is 15.6. The highest BCUT2D eigenvalue weighted by atomic mass is 16.5. The van der Waals surface area contributed by atoms with Crippen LogP contribution in [0, 0.1) is 17.3 Å². The molecule has 2 atom stereocenters. The van der Waals surface area contributed by atoms with Crippen molar-refractivity contribution in [2.75, 3.05) is 0 Å². The zero-order chi connectivity index (χ0) is 18.6. The van der Waals surface area contributed by atoms with Crippen LogP contribution in [0.15, 0.2) is 71.4 Å². The highest BCUT2D eigenvalue weighted by Crippen LogP contribution is 2.59. The lowest BCUT2D eigenvalue weighted by Gasteiger charge is -2.03. The predicted octanol–water partition coefficient (Wildman–Crippen LogP) is 5.32. The van der Waals surface area contributed by atoms with Crippen molar-refractivity contribution in [1.29, 1.82) is 0 Å². The fourth-order valence-corrected chi connectivity index (χ4v) is 3.42. The lowest BCUT2D eigenvalue weighted by molar-refractivity contribution is -0.147. The molecule has 0 spiro atoms. The molecule has 0 N–H and O–H groups in total. The van der Waals surface area contributed by atoms with Crippen molar-refractivity contribution >= 4 is 5.97 Å². The number of esters is 1. The third kappa shape index (κ3) is 4.16. The quantitative estimate of drug-likeness (QED) is 0.501. The Bertz CT molecular complexity index is 796. The second-order valence-corrected chi connectivity index (χ2v) is 7.43. The van der Waals surface area contributed by atoms with Gasteiger partial charge in [-0.15, -0.1) is 0 Å². The second kappa shape index (κ2) is 7.77. The van der Waals surface area contributed by atoms with Gasteiger partial charge in [0.15, 0.2) is 0 Å². The lowest BCUT2D eigenvalue weighted by Crippen LogP contribution is -2.10. The van der Waals surface area contributed by atoms with E-state index in [1.807, 2.05) is 49.4 Å². The van der Waals surface area contributed by atoms with Crippen molar-refractivity contribution in [3.8, 4) is 0 Å². The van der Waals surface area contributed by atoms with Crippen molar-refractivity contribution in [3.05, 3.63) is 83.9 Å². The van der Waals surface area contributed by atoms with Crippen molar-refractivity contribution in [3.63, 3.8) is 0 Å². The molecule has 1 aromatic carbocycles. The van der Waals surface area contributed by atoms with Crippen LogP contribution in [0.3, 0.4) is 0 Å². The van der Waals surface area contributed by atoms with Crippen LogP contribution >= 0.6 is 0 Å². The summed E-state index contributed by atoms with van der Waals surface area (Å²) in [6, 6.07) is 12.1. The molecule has 1 aromatic heterocycles. The Balaban J connectivity index is 1.52. The van der Waals surface area contributed by atoms with Crippen LogP contribution in [-0.2, 0) is 22.6 Å². The van der Waals surface area contributed by atoms with Crippen LogP contribution in [0.2, 0.25) is 0 Å². The van der Waals surface area contributed by atoms with Gasteiger partial charge in [0.25, 0.3) is 0 Å². The highest BCUT2D eigenvalue weighted by Gasteiger charge is 2.61. The van der Waals surface area contributed by atoms with Gasteiger partial charge < -0.3 is 9.15 Å². The maximum atomic E-state index is 12.4. The van der Waals surface area contributed by atoms with Crippen LogP contribution in [0.5, 0.6) is 0 Å². The number of hydrogen-bond donors (Lipinski definition) is 0. The van der Waals surface area contributed by atoms with E-state index in [0.717, 1.165) is 17.7 Å². The molecule has 1 fully saturated rings. The van der Waals surface area contributed by atoms with Gasteiger partial charge in [-0.05, 0) is 29.9 Å². The first-order valence-corrected chi connectivity index (χ1v) is 9.08. The normalized spacial score (nSPS) is 21.3. The Morgan fingerprint density at radius 2 is 1.96 bits per heavy atom. The molecule has 0 radical (unpaired) electrons. The molecular formula is C23H26O3. The average Bonchev–Trinajstić information content (AvgIpc) is 2.94. The topological polar surface area (TPSA) is 39.4 Å². The van der Waals surface area contributed by atoms with E-state index in [9.17, 15) is 4.79 Å². The minimum atomic E-state index is -0.129. The minimum absolute atomic E-state index is 0.0377. The first-order valence-electron chi connectivity index (χ1n) is 9.08. The number of rotatable bonds is 7. The molecule has 0 aliphatic heterocycles. The fraction of sp³-hybridized carbons (Fsp3) is 0.348. The number of carbonyl (C=O) groups excluding carboxylic acids is 1. The van der Waals surface area contributed by atoms with Gasteiger partial charge in [0.2, 0.25) is 0 Å². The Hall–Kier alpha value is -2.55. The van der Waals surface area contributed by atoms with E-state index in [1.54, 1.807) is 6.26 Å². The maximum absolute atomic E-state index is 12.4. The minimum Gasteiger partial charge on any atom is -0.469 e. The number of ether oxygens (including phenoxy) is 1. The predicted molar refractivity (Wildman–Crippen MR) is 102 cm³/mol. The Morgan fingerprint density at radius 3 is 2.69 bits per heavy atom. The summed E-state index contributed by atoms with van der Waals surface area (Å²) in [5.74, 6) is 0.918. The van der Waals surface area contributed by atoms with Crippen molar-refractivity contribution in [2.24, 2.45) is 17.3 Å². The van der Waals surface area contributed by atoms with Crippen LogP contribution < -0.4 is 0 Å². The summed E-state index contributed by atoms with van der Waals surface area (Å²) in [6.45, 7) is 6.46. The van der Waals surface area contributed by atoms with Crippen LogP contribution in [0.4, 0.5) is 0 Å². The zero-order valence-corrected chi connectivity index (χ0v) is 15.6. The number of hydrogen-bond acceptors (Lipinski definition) is 3. The second-order valence-electron chi connectivity index (χ2n) is 7.43. The fourth-order valence-electron chi connectivity index (χ4n) is 3.42. The van der Waals surface area contributed by atoms with E-state index in [1.165, 1.54) is 5.56 Å². The van der Waals surface area contributed by atoms with Crippen molar-refractivity contribution < 1.29 is 13.9 Å². The largest absolute Gasteiger partial charge is 0.469 e. The number of furan rings is 1. The molecular weight excluding hydrogens is 324 g/mol. The van der Waals surface area contributed by atoms with Crippen molar-refractivity contribution in [2.45, 2.75) is 33.8 Å². The summed E-state index contributed by atoms with van der Waals surface area (Å²) >= 11 is 0. The Labute approximate surface area is 155 Å².